The standard InChI is InChI=1S/2C13H19NO2/c2*15-9-12-7-14(8-13(12)10-16)6-11-4-2-1-3-5-11/h2*1-5,12-13,15-16H,6-10H2/t2*12-,13-/m10/s1. The van der Waals surface area contributed by atoms with E-state index in [2.05, 4.69) is 34.1 Å². The zero-order valence-corrected chi connectivity index (χ0v) is 18.8. The van der Waals surface area contributed by atoms with Crippen LogP contribution in [0.2, 0.25) is 0 Å². The van der Waals surface area contributed by atoms with E-state index >= 15 is 0 Å². The van der Waals surface area contributed by atoms with Gasteiger partial charge in [0.2, 0.25) is 0 Å². The molecule has 6 nitrogen and oxygen atoms in total. The Kier molecular flexibility index (Phi) is 10.1. The molecule has 4 rings (SSSR count). The summed E-state index contributed by atoms with van der Waals surface area (Å²) in [4.78, 5) is 4.61. The Labute approximate surface area is 191 Å². The van der Waals surface area contributed by atoms with Gasteiger partial charge in [0, 0.05) is 89.4 Å². The number of likely N-dealkylation sites (tertiary alicyclic amines) is 2. The molecule has 0 bridgehead atoms. The molecule has 0 saturated carbocycles. The Balaban J connectivity index is 0.000000181. The van der Waals surface area contributed by atoms with Crippen LogP contribution in [0.25, 0.3) is 0 Å². The summed E-state index contributed by atoms with van der Waals surface area (Å²) in [5, 5.41) is 36.9. The van der Waals surface area contributed by atoms with Crippen molar-refractivity contribution in [3.8, 4) is 0 Å². The highest BCUT2D eigenvalue weighted by atomic mass is 16.3. The SMILES string of the molecule is OC[C@@H]1CN(Cc2ccccc2)C[C@H]1CO.OC[C@H]1CN(Cc2ccccc2)C[C@@H]1CO. The van der Waals surface area contributed by atoms with Crippen LogP contribution in [0.4, 0.5) is 0 Å². The Morgan fingerprint density at radius 2 is 0.781 bits per heavy atom. The van der Waals surface area contributed by atoms with Gasteiger partial charge in [-0.05, 0) is 11.1 Å². The minimum atomic E-state index is 0.177. The Bertz CT molecular complexity index is 671. The molecule has 2 aliphatic heterocycles. The summed E-state index contributed by atoms with van der Waals surface area (Å²) in [5.41, 5.74) is 2.58. The highest BCUT2D eigenvalue weighted by Gasteiger charge is 2.32. The maximum absolute atomic E-state index is 9.21. The van der Waals surface area contributed by atoms with Gasteiger partial charge in [-0.15, -0.1) is 0 Å². The van der Waals surface area contributed by atoms with Crippen LogP contribution in [0, 0.1) is 23.7 Å². The Hall–Kier alpha value is -1.80. The maximum atomic E-state index is 9.21. The van der Waals surface area contributed by atoms with Gasteiger partial charge in [-0.3, -0.25) is 9.80 Å². The first-order valence-corrected chi connectivity index (χ1v) is 11.6. The quantitative estimate of drug-likeness (QED) is 0.495. The number of aliphatic hydroxyl groups is 4. The predicted molar refractivity (Wildman–Crippen MR) is 126 cm³/mol. The third-order valence-corrected chi connectivity index (χ3v) is 6.74. The summed E-state index contributed by atoms with van der Waals surface area (Å²) < 4.78 is 0. The lowest BCUT2D eigenvalue weighted by Crippen LogP contribution is -2.20. The third-order valence-electron chi connectivity index (χ3n) is 6.74. The molecule has 2 heterocycles. The third kappa shape index (κ3) is 7.10. The number of benzene rings is 2. The van der Waals surface area contributed by atoms with Gasteiger partial charge in [0.05, 0.1) is 0 Å². The molecule has 2 aromatic rings. The second kappa shape index (κ2) is 13.0. The van der Waals surface area contributed by atoms with E-state index < -0.39 is 0 Å². The first-order chi connectivity index (χ1) is 15.7. The molecule has 176 valence electrons. The molecule has 2 fully saturated rings. The van der Waals surface area contributed by atoms with Gasteiger partial charge in [-0.1, -0.05) is 60.7 Å². The fourth-order valence-corrected chi connectivity index (χ4v) is 4.84. The minimum absolute atomic E-state index is 0.177. The molecule has 4 atom stereocenters. The Morgan fingerprint density at radius 3 is 1.03 bits per heavy atom. The lowest BCUT2D eigenvalue weighted by Gasteiger charge is -2.15. The summed E-state index contributed by atoms with van der Waals surface area (Å²) in [6.07, 6.45) is 0. The molecule has 2 aromatic carbocycles. The van der Waals surface area contributed by atoms with E-state index in [9.17, 15) is 20.4 Å². The zero-order chi connectivity index (χ0) is 22.8. The second-order valence-corrected chi connectivity index (χ2v) is 9.13. The van der Waals surface area contributed by atoms with Crippen LogP contribution in [0.15, 0.2) is 60.7 Å². The lowest BCUT2D eigenvalue weighted by molar-refractivity contribution is 0.152. The van der Waals surface area contributed by atoms with Gasteiger partial charge in [0.25, 0.3) is 0 Å². The number of rotatable bonds is 8. The molecular formula is C26H38N2O4. The van der Waals surface area contributed by atoms with Gasteiger partial charge in [0.15, 0.2) is 0 Å². The monoisotopic (exact) mass is 442 g/mol. The highest BCUT2D eigenvalue weighted by Crippen LogP contribution is 2.25. The first-order valence-electron chi connectivity index (χ1n) is 11.6. The lowest BCUT2D eigenvalue weighted by atomic mass is 9.98. The average molecular weight is 443 g/mol. The molecule has 2 aliphatic rings. The topological polar surface area (TPSA) is 87.4 Å². The fourth-order valence-electron chi connectivity index (χ4n) is 4.84. The maximum Gasteiger partial charge on any atom is 0.0475 e. The smallest absolute Gasteiger partial charge is 0.0475 e. The molecule has 0 aromatic heterocycles. The van der Waals surface area contributed by atoms with E-state index in [1.54, 1.807) is 0 Å². The van der Waals surface area contributed by atoms with Gasteiger partial charge >= 0.3 is 0 Å². The van der Waals surface area contributed by atoms with Crippen LogP contribution in [0.3, 0.4) is 0 Å². The van der Waals surface area contributed by atoms with Crippen LogP contribution in [-0.2, 0) is 13.1 Å². The van der Waals surface area contributed by atoms with Crippen LogP contribution in [-0.4, -0.2) is 82.8 Å². The summed E-state index contributed by atoms with van der Waals surface area (Å²) in [6, 6.07) is 20.6. The van der Waals surface area contributed by atoms with Crippen LogP contribution in [0.5, 0.6) is 0 Å². The summed E-state index contributed by atoms with van der Waals surface area (Å²) >= 11 is 0. The van der Waals surface area contributed by atoms with Crippen LogP contribution < -0.4 is 0 Å². The predicted octanol–water partition coefficient (Wildman–Crippen LogP) is 1.44. The first kappa shape index (κ1) is 24.8. The molecule has 4 N–H and O–H groups in total. The number of nitrogens with zero attached hydrogens (tertiary/aromatic N) is 2. The van der Waals surface area contributed by atoms with E-state index in [0.29, 0.717) is 0 Å². The summed E-state index contributed by atoms with van der Waals surface area (Å²) in [5.74, 6) is 0.921. The molecular weight excluding hydrogens is 404 g/mol. The molecule has 0 amide bonds. The highest BCUT2D eigenvalue weighted by molar-refractivity contribution is 5.15. The van der Waals surface area contributed by atoms with Gasteiger partial charge in [-0.2, -0.15) is 0 Å². The van der Waals surface area contributed by atoms with Crippen molar-refractivity contribution in [3.63, 3.8) is 0 Å². The zero-order valence-electron chi connectivity index (χ0n) is 18.8. The number of aliphatic hydroxyl groups excluding tert-OH is 4. The van der Waals surface area contributed by atoms with E-state index in [4.69, 9.17) is 0 Å². The average Bonchev–Trinajstić information content (AvgIpc) is 3.43. The van der Waals surface area contributed by atoms with Crippen molar-refractivity contribution < 1.29 is 20.4 Å². The van der Waals surface area contributed by atoms with Crippen molar-refractivity contribution in [2.75, 3.05) is 52.6 Å². The summed E-state index contributed by atoms with van der Waals surface area (Å²) in [7, 11) is 0. The van der Waals surface area contributed by atoms with E-state index in [1.165, 1.54) is 11.1 Å². The Morgan fingerprint density at radius 1 is 0.500 bits per heavy atom. The largest absolute Gasteiger partial charge is 0.396 e. The minimum Gasteiger partial charge on any atom is -0.396 e. The molecule has 6 heteroatoms. The van der Waals surface area contributed by atoms with E-state index in [0.717, 1.165) is 39.3 Å². The van der Waals surface area contributed by atoms with Crippen molar-refractivity contribution in [2.24, 2.45) is 23.7 Å². The van der Waals surface area contributed by atoms with Gasteiger partial charge in [-0.25, -0.2) is 0 Å². The fraction of sp³-hybridized carbons (Fsp3) is 0.538. The summed E-state index contributed by atoms with van der Waals surface area (Å²) in [6.45, 7) is 6.07. The number of hydrogen-bond acceptors (Lipinski definition) is 6. The molecule has 0 spiro atoms. The van der Waals surface area contributed by atoms with Crippen molar-refractivity contribution in [2.45, 2.75) is 13.1 Å². The molecule has 0 unspecified atom stereocenters. The molecule has 0 aliphatic carbocycles. The molecule has 32 heavy (non-hydrogen) atoms. The second-order valence-electron chi connectivity index (χ2n) is 9.13. The van der Waals surface area contributed by atoms with E-state index in [-0.39, 0.29) is 50.1 Å². The van der Waals surface area contributed by atoms with Crippen LogP contribution >= 0.6 is 0 Å². The van der Waals surface area contributed by atoms with Crippen molar-refractivity contribution in [1.82, 2.24) is 9.80 Å². The van der Waals surface area contributed by atoms with E-state index in [1.807, 2.05) is 36.4 Å². The normalized spacial score (nSPS) is 26.1. The van der Waals surface area contributed by atoms with Crippen molar-refractivity contribution in [3.05, 3.63) is 71.8 Å². The van der Waals surface area contributed by atoms with Crippen molar-refractivity contribution >= 4 is 0 Å². The molecule has 0 radical (unpaired) electrons. The number of hydrogen-bond donors (Lipinski definition) is 4. The van der Waals surface area contributed by atoms with Gasteiger partial charge in [0.1, 0.15) is 0 Å². The van der Waals surface area contributed by atoms with Gasteiger partial charge < -0.3 is 20.4 Å². The van der Waals surface area contributed by atoms with Crippen LogP contribution in [0.1, 0.15) is 11.1 Å². The van der Waals surface area contributed by atoms with Crippen molar-refractivity contribution in [1.29, 1.82) is 0 Å². The molecule has 2 saturated heterocycles.